The first-order chi connectivity index (χ1) is 10.9. The molecular weight excluding hydrogens is 288 g/mol. The lowest BCUT2D eigenvalue weighted by Crippen LogP contribution is -2.18. The van der Waals surface area contributed by atoms with E-state index in [-0.39, 0.29) is 11.9 Å². The number of aromatic nitrogens is 2. The molecule has 0 aliphatic rings. The normalized spacial score (nSPS) is 10.9. The van der Waals surface area contributed by atoms with Crippen molar-refractivity contribution in [3.05, 3.63) is 47.2 Å². The second-order valence-corrected chi connectivity index (χ2v) is 6.25. The molecule has 0 aliphatic carbocycles. The van der Waals surface area contributed by atoms with Crippen molar-refractivity contribution in [1.29, 1.82) is 0 Å². The van der Waals surface area contributed by atoms with Crippen LogP contribution in [0.4, 0.5) is 11.5 Å². The highest BCUT2D eigenvalue weighted by Gasteiger charge is 2.14. The minimum Gasteiger partial charge on any atom is -0.366 e. The van der Waals surface area contributed by atoms with Crippen molar-refractivity contribution < 1.29 is 4.79 Å². The molecule has 122 valence electrons. The van der Waals surface area contributed by atoms with Gasteiger partial charge in [-0.05, 0) is 49.9 Å². The third-order valence-corrected chi connectivity index (χ3v) is 3.50. The highest BCUT2D eigenvalue weighted by molar-refractivity contribution is 6.03. The molecule has 1 amide bonds. The van der Waals surface area contributed by atoms with E-state index in [4.69, 9.17) is 0 Å². The molecular formula is C18H24N4O. The Labute approximate surface area is 137 Å². The van der Waals surface area contributed by atoms with Crippen LogP contribution in [0.2, 0.25) is 0 Å². The summed E-state index contributed by atoms with van der Waals surface area (Å²) < 4.78 is 0. The fourth-order valence-corrected chi connectivity index (χ4v) is 2.35. The third kappa shape index (κ3) is 4.28. The molecule has 0 aliphatic heterocycles. The van der Waals surface area contributed by atoms with Crippen LogP contribution in [0.5, 0.6) is 0 Å². The number of hydrogen-bond donors (Lipinski definition) is 2. The van der Waals surface area contributed by atoms with Gasteiger partial charge in [0.05, 0.1) is 0 Å². The number of anilines is 2. The van der Waals surface area contributed by atoms with Gasteiger partial charge in [0.25, 0.3) is 5.91 Å². The smallest absolute Gasteiger partial charge is 0.276 e. The summed E-state index contributed by atoms with van der Waals surface area (Å²) in [4.78, 5) is 12.4. The van der Waals surface area contributed by atoms with Crippen molar-refractivity contribution in [2.75, 3.05) is 10.6 Å². The minimum atomic E-state index is -0.246. The zero-order valence-corrected chi connectivity index (χ0v) is 14.3. The van der Waals surface area contributed by atoms with Gasteiger partial charge in [-0.3, -0.25) is 4.79 Å². The van der Waals surface area contributed by atoms with E-state index >= 15 is 0 Å². The van der Waals surface area contributed by atoms with Crippen LogP contribution in [0.3, 0.4) is 0 Å². The number of amides is 1. The molecule has 0 unspecified atom stereocenters. The van der Waals surface area contributed by atoms with Crippen LogP contribution >= 0.6 is 0 Å². The Morgan fingerprint density at radius 1 is 1.04 bits per heavy atom. The molecule has 2 rings (SSSR count). The maximum atomic E-state index is 12.4. The number of aryl methyl sites for hydroxylation is 1. The monoisotopic (exact) mass is 312 g/mol. The summed E-state index contributed by atoms with van der Waals surface area (Å²) in [5, 5.41) is 14.2. The molecule has 1 heterocycles. The zero-order chi connectivity index (χ0) is 17.0. The highest BCUT2D eigenvalue weighted by Crippen LogP contribution is 2.27. The lowest BCUT2D eigenvalue weighted by atomic mass is 9.98. The lowest BCUT2D eigenvalue weighted by molar-refractivity contribution is 0.102. The van der Waals surface area contributed by atoms with E-state index in [1.807, 2.05) is 39.0 Å². The van der Waals surface area contributed by atoms with Crippen LogP contribution in [0.15, 0.2) is 30.3 Å². The van der Waals surface area contributed by atoms with E-state index in [0.29, 0.717) is 17.4 Å². The highest BCUT2D eigenvalue weighted by atomic mass is 16.1. The number of hydrogen-bond acceptors (Lipinski definition) is 4. The number of nitrogens with zero attached hydrogens (tertiary/aromatic N) is 2. The summed E-state index contributed by atoms with van der Waals surface area (Å²) >= 11 is 0. The van der Waals surface area contributed by atoms with Crippen molar-refractivity contribution in [2.24, 2.45) is 0 Å². The Kier molecular flexibility index (Phi) is 5.32. The number of carbonyl (C=O) groups excluding carboxylic acids is 1. The Morgan fingerprint density at radius 2 is 1.78 bits per heavy atom. The Balaban J connectivity index is 2.19. The Morgan fingerprint density at radius 3 is 2.35 bits per heavy atom. The van der Waals surface area contributed by atoms with Gasteiger partial charge < -0.3 is 10.6 Å². The van der Waals surface area contributed by atoms with Gasteiger partial charge in [-0.2, -0.15) is 0 Å². The van der Waals surface area contributed by atoms with Crippen LogP contribution in [0, 0.1) is 6.92 Å². The molecule has 5 heteroatoms. The van der Waals surface area contributed by atoms with Crippen molar-refractivity contribution >= 4 is 17.4 Å². The minimum absolute atomic E-state index is 0.246. The molecule has 0 bridgehead atoms. The lowest BCUT2D eigenvalue weighted by Gasteiger charge is -2.16. The molecule has 23 heavy (non-hydrogen) atoms. The number of rotatable bonds is 5. The summed E-state index contributed by atoms with van der Waals surface area (Å²) in [6, 6.07) is 9.75. The summed E-state index contributed by atoms with van der Waals surface area (Å²) in [5.74, 6) is 0.744. The maximum Gasteiger partial charge on any atom is 0.276 e. The summed E-state index contributed by atoms with van der Waals surface area (Å²) in [6.45, 7) is 10.2. The number of para-hydroxylation sites is 1. The van der Waals surface area contributed by atoms with Crippen LogP contribution < -0.4 is 10.6 Å². The fourth-order valence-electron chi connectivity index (χ4n) is 2.35. The summed E-state index contributed by atoms with van der Waals surface area (Å²) in [5.41, 5.74) is 3.32. The van der Waals surface area contributed by atoms with Crippen LogP contribution in [0.1, 0.15) is 55.2 Å². The van der Waals surface area contributed by atoms with Crippen molar-refractivity contribution in [3.63, 3.8) is 0 Å². The average molecular weight is 312 g/mol. The van der Waals surface area contributed by atoms with Crippen LogP contribution in [-0.4, -0.2) is 22.1 Å². The summed E-state index contributed by atoms with van der Waals surface area (Å²) in [6.07, 6.45) is 0. The van der Waals surface area contributed by atoms with Crippen LogP contribution in [-0.2, 0) is 0 Å². The standard InChI is InChI=1S/C18H24N4O/c1-11(2)14-8-6-7-13(5)17(14)20-18(23)15-9-10-16(22-21-15)19-12(3)4/h6-12H,1-5H3,(H,19,22)(H,20,23). The van der Waals surface area contributed by atoms with Gasteiger partial charge >= 0.3 is 0 Å². The van der Waals surface area contributed by atoms with E-state index < -0.39 is 0 Å². The first-order valence-corrected chi connectivity index (χ1v) is 7.89. The topological polar surface area (TPSA) is 66.9 Å². The van der Waals surface area contributed by atoms with Crippen molar-refractivity contribution in [1.82, 2.24) is 10.2 Å². The van der Waals surface area contributed by atoms with E-state index in [1.165, 1.54) is 0 Å². The number of nitrogens with one attached hydrogen (secondary N) is 2. The molecule has 1 aromatic heterocycles. The predicted molar refractivity (Wildman–Crippen MR) is 94.0 cm³/mol. The predicted octanol–water partition coefficient (Wildman–Crippen LogP) is 3.98. The first kappa shape index (κ1) is 16.9. The number of benzene rings is 1. The quantitative estimate of drug-likeness (QED) is 0.876. The zero-order valence-electron chi connectivity index (χ0n) is 14.3. The van der Waals surface area contributed by atoms with Gasteiger partial charge in [0, 0.05) is 11.7 Å². The molecule has 2 aromatic rings. The third-order valence-electron chi connectivity index (χ3n) is 3.50. The average Bonchev–Trinajstić information content (AvgIpc) is 2.49. The molecule has 0 spiro atoms. The first-order valence-electron chi connectivity index (χ1n) is 7.89. The number of carbonyl (C=O) groups is 1. The molecule has 5 nitrogen and oxygen atoms in total. The summed E-state index contributed by atoms with van der Waals surface area (Å²) in [7, 11) is 0. The SMILES string of the molecule is Cc1cccc(C(C)C)c1NC(=O)c1ccc(NC(C)C)nn1. The van der Waals surface area contributed by atoms with Crippen LogP contribution in [0.25, 0.3) is 0 Å². The molecule has 0 radical (unpaired) electrons. The Hall–Kier alpha value is -2.43. The van der Waals surface area contributed by atoms with Gasteiger partial charge in [0.15, 0.2) is 5.69 Å². The Bertz CT molecular complexity index is 678. The van der Waals surface area contributed by atoms with E-state index in [9.17, 15) is 4.79 Å². The van der Waals surface area contributed by atoms with E-state index in [1.54, 1.807) is 12.1 Å². The van der Waals surface area contributed by atoms with Gasteiger partial charge in [-0.1, -0.05) is 32.0 Å². The molecule has 2 N–H and O–H groups in total. The maximum absolute atomic E-state index is 12.4. The van der Waals surface area contributed by atoms with Crippen molar-refractivity contribution in [2.45, 2.75) is 46.6 Å². The molecule has 0 fully saturated rings. The largest absolute Gasteiger partial charge is 0.366 e. The van der Waals surface area contributed by atoms with E-state index in [0.717, 1.165) is 16.8 Å². The molecule has 0 saturated heterocycles. The van der Waals surface area contributed by atoms with Gasteiger partial charge in [-0.25, -0.2) is 0 Å². The molecule has 0 atom stereocenters. The van der Waals surface area contributed by atoms with E-state index in [2.05, 4.69) is 34.7 Å². The molecule has 1 aromatic carbocycles. The molecule has 0 saturated carbocycles. The van der Waals surface area contributed by atoms with Gasteiger partial charge in [-0.15, -0.1) is 10.2 Å². The second-order valence-electron chi connectivity index (χ2n) is 6.25. The van der Waals surface area contributed by atoms with Gasteiger partial charge in [0.2, 0.25) is 0 Å². The van der Waals surface area contributed by atoms with Gasteiger partial charge in [0.1, 0.15) is 5.82 Å². The second kappa shape index (κ2) is 7.22. The fraction of sp³-hybridized carbons (Fsp3) is 0.389. The van der Waals surface area contributed by atoms with Crippen molar-refractivity contribution in [3.8, 4) is 0 Å².